The molecule has 2 atom stereocenters. The lowest BCUT2D eigenvalue weighted by Gasteiger charge is -2.61. The van der Waals surface area contributed by atoms with E-state index < -0.39 is 11.9 Å². The summed E-state index contributed by atoms with van der Waals surface area (Å²) >= 11 is 1.04. The van der Waals surface area contributed by atoms with Gasteiger partial charge in [0, 0.05) is 43.5 Å². The molecule has 0 saturated heterocycles. The van der Waals surface area contributed by atoms with Gasteiger partial charge < -0.3 is 15.4 Å². The second-order valence-electron chi connectivity index (χ2n) is 6.84. The van der Waals surface area contributed by atoms with Crippen molar-refractivity contribution in [3.05, 3.63) is 16.1 Å². The van der Waals surface area contributed by atoms with Crippen LogP contribution < -0.4 is 10.6 Å². The van der Waals surface area contributed by atoms with E-state index in [9.17, 15) is 13.2 Å². The fourth-order valence-electron chi connectivity index (χ4n) is 3.84. The summed E-state index contributed by atoms with van der Waals surface area (Å²) < 4.78 is 43.6. The van der Waals surface area contributed by atoms with Crippen LogP contribution in [0.4, 0.5) is 13.2 Å². The Balaban J connectivity index is 0.00000261. The first-order valence-corrected chi connectivity index (χ1v) is 9.87. The minimum atomic E-state index is -4.38. The van der Waals surface area contributed by atoms with Gasteiger partial charge in [-0.05, 0) is 26.2 Å². The molecule has 2 unspecified atom stereocenters. The molecule has 1 aromatic rings. The van der Waals surface area contributed by atoms with Crippen molar-refractivity contribution in [2.45, 2.75) is 57.3 Å². The summed E-state index contributed by atoms with van der Waals surface area (Å²) in [6, 6.07) is 0.343. The van der Waals surface area contributed by atoms with Crippen LogP contribution in [0.2, 0.25) is 0 Å². The van der Waals surface area contributed by atoms with Crippen LogP contribution in [0.25, 0.3) is 0 Å². The van der Waals surface area contributed by atoms with E-state index in [1.165, 1.54) is 19.3 Å². The molecule has 5 nitrogen and oxygen atoms in total. The number of guanidine groups is 1. The van der Waals surface area contributed by atoms with Crippen molar-refractivity contribution in [2.24, 2.45) is 10.4 Å². The number of rotatable bonds is 6. The average Bonchev–Trinajstić information content (AvgIpc) is 2.99. The largest absolute Gasteiger partial charge is 0.434 e. The van der Waals surface area contributed by atoms with Gasteiger partial charge >= 0.3 is 6.18 Å². The summed E-state index contributed by atoms with van der Waals surface area (Å²) in [6.07, 6.45) is 0.928. The number of nitrogens with one attached hydrogen (secondary N) is 2. The number of alkyl halides is 3. The third-order valence-electron chi connectivity index (χ3n) is 5.45. The Morgan fingerprint density at radius 2 is 2.19 bits per heavy atom. The summed E-state index contributed by atoms with van der Waals surface area (Å²) in [5.41, 5.74) is -0.590. The zero-order chi connectivity index (χ0) is 18.8. The Hall–Kier alpha value is -0.620. The summed E-state index contributed by atoms with van der Waals surface area (Å²) in [6.45, 7) is 3.25. The monoisotopic (exact) mass is 518 g/mol. The van der Waals surface area contributed by atoms with Crippen molar-refractivity contribution < 1.29 is 17.9 Å². The van der Waals surface area contributed by atoms with E-state index in [2.05, 4.69) is 20.6 Å². The van der Waals surface area contributed by atoms with Gasteiger partial charge in [-0.15, -0.1) is 35.3 Å². The molecule has 2 fully saturated rings. The third-order valence-corrected chi connectivity index (χ3v) is 6.35. The van der Waals surface area contributed by atoms with Gasteiger partial charge in [-0.3, -0.25) is 4.99 Å². The number of halogens is 4. The van der Waals surface area contributed by atoms with Crippen molar-refractivity contribution in [3.8, 4) is 0 Å². The fourth-order valence-corrected chi connectivity index (χ4v) is 4.65. The second kappa shape index (κ2) is 9.25. The lowest BCUT2D eigenvalue weighted by atomic mass is 9.51. The van der Waals surface area contributed by atoms with Gasteiger partial charge in [-0.2, -0.15) is 13.2 Å². The van der Waals surface area contributed by atoms with Gasteiger partial charge in [0.25, 0.3) is 0 Å². The van der Waals surface area contributed by atoms with Crippen LogP contribution >= 0.6 is 35.3 Å². The Morgan fingerprint density at radius 3 is 2.70 bits per heavy atom. The lowest BCUT2D eigenvalue weighted by Crippen LogP contribution is -2.68. The average molecular weight is 518 g/mol. The molecule has 2 aliphatic carbocycles. The number of aliphatic imine (C=N–C) groups is 1. The standard InChI is InChI=1S/C17H25F3N4OS.HI/c1-3-25-13-9-11(16(13)6-4-7-16)24-15(21-2)22-8-5-14-23-12(10-26-14)17(18,19)20;/h10-11,13H,3-9H2,1-2H3,(H2,21,22,24);1H. The molecule has 0 radical (unpaired) electrons. The molecular weight excluding hydrogens is 492 g/mol. The molecular formula is C17H26F3IN4OS. The van der Waals surface area contributed by atoms with Crippen LogP contribution in [0.15, 0.2) is 10.4 Å². The van der Waals surface area contributed by atoms with Gasteiger partial charge in [0.1, 0.15) is 0 Å². The molecule has 0 aliphatic heterocycles. The minimum absolute atomic E-state index is 0. The molecule has 27 heavy (non-hydrogen) atoms. The number of hydrogen-bond donors (Lipinski definition) is 2. The van der Waals surface area contributed by atoms with Gasteiger partial charge in [0.05, 0.1) is 11.1 Å². The van der Waals surface area contributed by atoms with Crippen molar-refractivity contribution >= 4 is 41.3 Å². The van der Waals surface area contributed by atoms with Gasteiger partial charge in [0.15, 0.2) is 11.7 Å². The summed E-state index contributed by atoms with van der Waals surface area (Å²) in [5.74, 6) is 0.684. The molecule has 1 aromatic heterocycles. The molecule has 10 heteroatoms. The van der Waals surface area contributed by atoms with Crippen LogP contribution in [-0.4, -0.2) is 43.3 Å². The highest BCUT2D eigenvalue weighted by molar-refractivity contribution is 14.0. The maximum atomic E-state index is 12.6. The van der Waals surface area contributed by atoms with Crippen molar-refractivity contribution in [3.63, 3.8) is 0 Å². The number of nitrogens with zero attached hydrogens (tertiary/aromatic N) is 2. The molecule has 1 heterocycles. The topological polar surface area (TPSA) is 58.5 Å². The van der Waals surface area contributed by atoms with Crippen LogP contribution in [0.5, 0.6) is 0 Å². The van der Waals surface area contributed by atoms with Gasteiger partial charge in [-0.1, -0.05) is 6.42 Å². The summed E-state index contributed by atoms with van der Waals surface area (Å²) in [5, 5.41) is 8.17. The number of ether oxygens (including phenoxy) is 1. The van der Waals surface area contributed by atoms with Crippen molar-refractivity contribution in [1.82, 2.24) is 15.6 Å². The lowest BCUT2D eigenvalue weighted by molar-refractivity contribution is -0.168. The Kier molecular flexibility index (Phi) is 7.77. The SMILES string of the molecule is CCOC1CC(NC(=NC)NCCc2nc(C(F)(F)F)cs2)C12CCC2.I. The fraction of sp³-hybridized carbons (Fsp3) is 0.765. The quantitative estimate of drug-likeness (QED) is 0.342. The van der Waals surface area contributed by atoms with Crippen LogP contribution in [0, 0.1) is 5.41 Å². The molecule has 2 N–H and O–H groups in total. The first-order chi connectivity index (χ1) is 12.4. The van der Waals surface area contributed by atoms with Crippen molar-refractivity contribution in [1.29, 1.82) is 0 Å². The molecule has 0 aromatic carbocycles. The smallest absolute Gasteiger partial charge is 0.378 e. The molecule has 3 rings (SSSR count). The molecule has 154 valence electrons. The Bertz CT molecular complexity index is 648. The maximum absolute atomic E-state index is 12.6. The zero-order valence-corrected chi connectivity index (χ0v) is 18.6. The Labute approximate surface area is 178 Å². The van der Waals surface area contributed by atoms with E-state index in [0.717, 1.165) is 29.7 Å². The van der Waals surface area contributed by atoms with E-state index in [1.54, 1.807) is 7.05 Å². The van der Waals surface area contributed by atoms with Gasteiger partial charge in [-0.25, -0.2) is 4.98 Å². The molecule has 0 bridgehead atoms. The van der Waals surface area contributed by atoms with Crippen LogP contribution in [0.1, 0.15) is 43.3 Å². The minimum Gasteiger partial charge on any atom is -0.378 e. The number of hydrogen-bond acceptors (Lipinski definition) is 4. The first kappa shape index (κ1) is 22.7. The molecule has 2 saturated carbocycles. The second-order valence-corrected chi connectivity index (χ2v) is 7.78. The zero-order valence-electron chi connectivity index (χ0n) is 15.4. The van der Waals surface area contributed by atoms with Crippen molar-refractivity contribution in [2.75, 3.05) is 20.2 Å². The third kappa shape index (κ3) is 4.87. The Morgan fingerprint density at radius 1 is 1.44 bits per heavy atom. The van der Waals surface area contributed by atoms with E-state index >= 15 is 0 Å². The highest BCUT2D eigenvalue weighted by Crippen LogP contribution is 2.57. The number of aromatic nitrogens is 1. The molecule has 1 spiro atoms. The normalized spacial score (nSPS) is 24.0. The molecule has 2 aliphatic rings. The highest BCUT2D eigenvalue weighted by Gasteiger charge is 2.59. The summed E-state index contributed by atoms with van der Waals surface area (Å²) in [4.78, 5) is 7.88. The number of thiazole rings is 1. The van der Waals surface area contributed by atoms with E-state index in [-0.39, 0.29) is 29.4 Å². The summed E-state index contributed by atoms with van der Waals surface area (Å²) in [7, 11) is 1.70. The van der Waals surface area contributed by atoms with E-state index in [4.69, 9.17) is 4.74 Å². The predicted molar refractivity (Wildman–Crippen MR) is 111 cm³/mol. The maximum Gasteiger partial charge on any atom is 0.434 e. The first-order valence-electron chi connectivity index (χ1n) is 8.99. The molecule has 0 amide bonds. The van der Waals surface area contributed by atoms with E-state index in [0.29, 0.717) is 36.1 Å². The van der Waals surface area contributed by atoms with E-state index in [1.807, 2.05) is 6.92 Å². The van der Waals surface area contributed by atoms with Crippen LogP contribution in [-0.2, 0) is 17.3 Å². The highest BCUT2D eigenvalue weighted by atomic mass is 127. The predicted octanol–water partition coefficient (Wildman–Crippen LogP) is 3.84. The van der Waals surface area contributed by atoms with Crippen LogP contribution in [0.3, 0.4) is 0 Å². The van der Waals surface area contributed by atoms with Gasteiger partial charge in [0.2, 0.25) is 0 Å².